The molecule has 19 heavy (non-hydrogen) atoms. The molecule has 0 fully saturated rings. The minimum atomic E-state index is -0.401. The summed E-state index contributed by atoms with van der Waals surface area (Å²) in [5, 5.41) is 5.81. The van der Waals surface area contributed by atoms with Gasteiger partial charge in [0.05, 0.1) is 10.5 Å². The zero-order chi connectivity index (χ0) is 13.2. The molecule has 0 bridgehead atoms. The summed E-state index contributed by atoms with van der Waals surface area (Å²) in [6, 6.07) is 11.8. The van der Waals surface area contributed by atoms with Crippen molar-refractivity contribution in [1.29, 1.82) is 0 Å². The molecule has 0 atom stereocenters. The summed E-state index contributed by atoms with van der Waals surface area (Å²) in [5.74, 6) is -0.401. The van der Waals surface area contributed by atoms with Crippen molar-refractivity contribution in [1.82, 2.24) is 0 Å². The molecule has 1 aliphatic heterocycles. The lowest BCUT2D eigenvalue weighted by molar-refractivity contribution is -0.136. The predicted octanol–water partition coefficient (Wildman–Crippen LogP) is 3.70. The normalized spacial score (nSPS) is 16.6. The first-order valence-electron chi connectivity index (χ1n) is 5.55. The monoisotopic (exact) mass is 381 g/mol. The summed E-state index contributed by atoms with van der Waals surface area (Å²) >= 11 is 3.77. The molecule has 1 aromatic heterocycles. The smallest absolute Gasteiger partial charge is 0.312 e. The van der Waals surface area contributed by atoms with E-state index in [4.69, 9.17) is 4.84 Å². The molecule has 0 saturated heterocycles. The molecule has 2 heterocycles. The lowest BCUT2D eigenvalue weighted by Gasteiger charge is -1.98. The van der Waals surface area contributed by atoms with Crippen LogP contribution in [0.3, 0.4) is 0 Å². The molecule has 94 valence electrons. The van der Waals surface area contributed by atoms with Gasteiger partial charge in [-0.05, 0) is 57.8 Å². The molecule has 0 amide bonds. The summed E-state index contributed by atoms with van der Waals surface area (Å²) in [5.41, 5.74) is 2.08. The molecule has 5 heteroatoms. The zero-order valence-corrected chi connectivity index (χ0v) is 12.6. The van der Waals surface area contributed by atoms with Crippen molar-refractivity contribution >= 4 is 51.7 Å². The third-order valence-corrected chi connectivity index (χ3v) is 4.16. The van der Waals surface area contributed by atoms with Gasteiger partial charge in [0.25, 0.3) is 0 Å². The molecule has 0 N–H and O–H groups in total. The number of hydrogen-bond donors (Lipinski definition) is 0. The van der Waals surface area contributed by atoms with Crippen molar-refractivity contribution in [3.05, 3.63) is 61.4 Å². The first-order valence-corrected chi connectivity index (χ1v) is 7.51. The summed E-state index contributed by atoms with van der Waals surface area (Å²) in [6.07, 6.45) is 1.82. The molecule has 1 aliphatic rings. The second-order valence-corrected chi connectivity index (χ2v) is 6.10. The summed E-state index contributed by atoms with van der Waals surface area (Å²) in [7, 11) is 0. The van der Waals surface area contributed by atoms with Crippen LogP contribution in [0.1, 0.15) is 10.4 Å². The maximum Gasteiger partial charge on any atom is 0.368 e. The third-order valence-electron chi connectivity index (χ3n) is 2.61. The van der Waals surface area contributed by atoms with Crippen LogP contribution in [-0.4, -0.2) is 11.7 Å². The minimum absolute atomic E-state index is 0.401. The van der Waals surface area contributed by atoms with Crippen molar-refractivity contribution in [2.75, 3.05) is 0 Å². The number of nitrogens with zero attached hydrogens (tertiary/aromatic N) is 1. The average Bonchev–Trinajstić information content (AvgIpc) is 3.01. The second kappa shape index (κ2) is 5.26. The van der Waals surface area contributed by atoms with E-state index in [1.54, 1.807) is 0 Å². The topological polar surface area (TPSA) is 38.7 Å². The van der Waals surface area contributed by atoms with Crippen LogP contribution in [0.25, 0.3) is 6.08 Å². The van der Waals surface area contributed by atoms with Gasteiger partial charge in [-0.15, -0.1) is 11.3 Å². The molecule has 1 aromatic carbocycles. The van der Waals surface area contributed by atoms with E-state index >= 15 is 0 Å². The Balaban J connectivity index is 2.02. The van der Waals surface area contributed by atoms with Gasteiger partial charge in [0.2, 0.25) is 0 Å². The van der Waals surface area contributed by atoms with E-state index in [-0.39, 0.29) is 0 Å². The van der Waals surface area contributed by atoms with Crippen molar-refractivity contribution in [2.24, 2.45) is 5.16 Å². The van der Waals surface area contributed by atoms with Crippen molar-refractivity contribution in [3.63, 3.8) is 0 Å². The Morgan fingerprint density at radius 1 is 1.26 bits per heavy atom. The lowest BCUT2D eigenvalue weighted by Crippen LogP contribution is -2.05. The highest BCUT2D eigenvalue weighted by Gasteiger charge is 2.27. The highest BCUT2D eigenvalue weighted by atomic mass is 127. The molecular formula is C14H8INO2S. The van der Waals surface area contributed by atoms with Gasteiger partial charge in [-0.2, -0.15) is 0 Å². The maximum absolute atomic E-state index is 11.8. The zero-order valence-electron chi connectivity index (χ0n) is 9.67. The molecule has 0 aliphatic carbocycles. The van der Waals surface area contributed by atoms with E-state index in [1.807, 2.05) is 47.9 Å². The molecule has 0 saturated carbocycles. The first kappa shape index (κ1) is 12.6. The molecule has 0 unspecified atom stereocenters. The molecule has 0 radical (unpaired) electrons. The fourth-order valence-corrected chi connectivity index (χ4v) is 3.05. The lowest BCUT2D eigenvalue weighted by atomic mass is 10.1. The largest absolute Gasteiger partial charge is 0.368 e. The van der Waals surface area contributed by atoms with E-state index < -0.39 is 5.97 Å². The van der Waals surface area contributed by atoms with Crippen molar-refractivity contribution in [3.8, 4) is 0 Å². The number of carbonyl (C=O) groups excluding carboxylic acids is 1. The van der Waals surface area contributed by atoms with Gasteiger partial charge in [0.1, 0.15) is 5.71 Å². The van der Waals surface area contributed by atoms with Crippen molar-refractivity contribution in [2.45, 2.75) is 0 Å². The third kappa shape index (κ3) is 2.62. The Morgan fingerprint density at radius 2 is 2.16 bits per heavy atom. The Morgan fingerprint density at radius 3 is 2.89 bits per heavy atom. The summed E-state index contributed by atoms with van der Waals surface area (Å²) in [4.78, 5) is 17.5. The molecule has 0 spiro atoms. The molecule has 2 aromatic rings. The van der Waals surface area contributed by atoms with Crippen LogP contribution in [0.4, 0.5) is 0 Å². The van der Waals surface area contributed by atoms with Gasteiger partial charge in [-0.3, -0.25) is 0 Å². The highest BCUT2D eigenvalue weighted by Crippen LogP contribution is 2.23. The van der Waals surface area contributed by atoms with Crippen LogP contribution in [0.2, 0.25) is 0 Å². The summed E-state index contributed by atoms with van der Waals surface area (Å²) in [6.45, 7) is 0. The van der Waals surface area contributed by atoms with Crippen LogP contribution < -0.4 is 0 Å². The Bertz CT molecular complexity index is 689. The SMILES string of the molecule is O=C1ON=C(c2cccs2)C1=Cc1cccc(I)c1. The molecular weight excluding hydrogens is 373 g/mol. The van der Waals surface area contributed by atoms with Gasteiger partial charge in [-0.25, -0.2) is 4.79 Å². The van der Waals surface area contributed by atoms with Crippen LogP contribution in [-0.2, 0) is 9.63 Å². The van der Waals surface area contributed by atoms with E-state index in [0.717, 1.165) is 14.0 Å². The number of halogens is 1. The van der Waals surface area contributed by atoms with Crippen molar-refractivity contribution < 1.29 is 9.63 Å². The van der Waals surface area contributed by atoms with Gasteiger partial charge < -0.3 is 4.84 Å². The maximum atomic E-state index is 11.8. The summed E-state index contributed by atoms with van der Waals surface area (Å²) < 4.78 is 1.12. The van der Waals surface area contributed by atoms with Crippen LogP contribution in [0.5, 0.6) is 0 Å². The van der Waals surface area contributed by atoms with E-state index in [9.17, 15) is 4.79 Å². The Labute approximate surface area is 127 Å². The number of thiophene rings is 1. The average molecular weight is 381 g/mol. The van der Waals surface area contributed by atoms with Crippen LogP contribution in [0, 0.1) is 3.57 Å². The van der Waals surface area contributed by atoms with Crippen LogP contribution in [0.15, 0.2) is 52.5 Å². The number of benzene rings is 1. The van der Waals surface area contributed by atoms with Gasteiger partial charge in [0, 0.05) is 3.57 Å². The molecule has 3 rings (SSSR count). The van der Waals surface area contributed by atoms with Crippen LogP contribution >= 0.6 is 33.9 Å². The number of rotatable bonds is 2. The number of oxime groups is 1. The standard InChI is InChI=1S/C14H8INO2S/c15-10-4-1-3-9(7-10)8-11-13(16-18-14(11)17)12-5-2-6-19-12/h1-8H. The second-order valence-electron chi connectivity index (χ2n) is 3.91. The van der Waals surface area contributed by atoms with Gasteiger partial charge >= 0.3 is 5.97 Å². The van der Waals surface area contributed by atoms with Gasteiger partial charge in [0.15, 0.2) is 0 Å². The molecule has 3 nitrogen and oxygen atoms in total. The fraction of sp³-hybridized carbons (Fsp3) is 0. The highest BCUT2D eigenvalue weighted by molar-refractivity contribution is 14.1. The van der Waals surface area contributed by atoms with E-state index in [2.05, 4.69) is 27.7 Å². The minimum Gasteiger partial charge on any atom is -0.312 e. The fourth-order valence-electron chi connectivity index (χ4n) is 1.76. The Hall–Kier alpha value is -1.47. The predicted molar refractivity (Wildman–Crippen MR) is 84.1 cm³/mol. The quantitative estimate of drug-likeness (QED) is 0.452. The van der Waals surface area contributed by atoms with E-state index in [0.29, 0.717) is 11.3 Å². The number of hydrogen-bond acceptors (Lipinski definition) is 4. The first-order chi connectivity index (χ1) is 9.24. The Kier molecular flexibility index (Phi) is 3.48. The number of carbonyl (C=O) groups is 1. The van der Waals surface area contributed by atoms with Gasteiger partial charge in [-0.1, -0.05) is 23.4 Å². The van der Waals surface area contributed by atoms with E-state index in [1.165, 1.54) is 11.3 Å².